The van der Waals surface area contributed by atoms with E-state index >= 15 is 0 Å². The summed E-state index contributed by atoms with van der Waals surface area (Å²) in [6.45, 7) is 0.408. The van der Waals surface area contributed by atoms with E-state index in [-0.39, 0.29) is 6.42 Å². The second-order valence-corrected chi connectivity index (χ2v) is 3.45. The van der Waals surface area contributed by atoms with Crippen LogP contribution in [0.3, 0.4) is 0 Å². The van der Waals surface area contributed by atoms with Crippen molar-refractivity contribution in [3.05, 3.63) is 36.5 Å². The fourth-order valence-corrected chi connectivity index (χ4v) is 1.55. The number of hydrogen-bond acceptors (Lipinski definition) is 3. The highest BCUT2D eigenvalue weighted by atomic mass is 16.4. The fourth-order valence-electron chi connectivity index (χ4n) is 1.55. The molecule has 2 N–H and O–H groups in total. The van der Waals surface area contributed by atoms with Crippen LogP contribution in [0.15, 0.2) is 36.5 Å². The van der Waals surface area contributed by atoms with Gasteiger partial charge < -0.3 is 10.4 Å². The highest BCUT2D eigenvalue weighted by Gasteiger charge is 2.01. The van der Waals surface area contributed by atoms with E-state index in [0.29, 0.717) is 6.54 Å². The van der Waals surface area contributed by atoms with E-state index in [2.05, 4.69) is 10.3 Å². The summed E-state index contributed by atoms with van der Waals surface area (Å²) in [5.41, 5.74) is 1.75. The molecule has 1 aromatic carbocycles. The van der Waals surface area contributed by atoms with Gasteiger partial charge >= 0.3 is 5.97 Å². The van der Waals surface area contributed by atoms with Crippen molar-refractivity contribution in [2.45, 2.75) is 6.42 Å². The van der Waals surface area contributed by atoms with Gasteiger partial charge in [0.1, 0.15) is 0 Å². The first-order valence-electron chi connectivity index (χ1n) is 5.07. The zero-order chi connectivity index (χ0) is 11.4. The second kappa shape index (κ2) is 4.61. The smallest absolute Gasteiger partial charge is 0.305 e. The molecule has 4 heteroatoms. The van der Waals surface area contributed by atoms with Crippen LogP contribution in [-0.2, 0) is 4.79 Å². The molecule has 0 atom stereocenters. The minimum absolute atomic E-state index is 0.100. The monoisotopic (exact) mass is 216 g/mol. The van der Waals surface area contributed by atoms with Gasteiger partial charge in [-0.3, -0.25) is 9.78 Å². The van der Waals surface area contributed by atoms with Crippen molar-refractivity contribution in [1.82, 2.24) is 4.98 Å². The van der Waals surface area contributed by atoms with Crippen molar-refractivity contribution in [1.29, 1.82) is 0 Å². The molecule has 1 aromatic heterocycles. The summed E-state index contributed by atoms with van der Waals surface area (Å²) in [4.78, 5) is 14.7. The van der Waals surface area contributed by atoms with E-state index in [4.69, 9.17) is 5.11 Å². The SMILES string of the molecule is O=C(O)CCNc1cccc2cccnc12. The first-order valence-corrected chi connectivity index (χ1v) is 5.07. The maximum atomic E-state index is 10.4. The fraction of sp³-hybridized carbons (Fsp3) is 0.167. The summed E-state index contributed by atoms with van der Waals surface area (Å²) in [5.74, 6) is -0.805. The van der Waals surface area contributed by atoms with Gasteiger partial charge in [-0.25, -0.2) is 0 Å². The lowest BCUT2D eigenvalue weighted by atomic mass is 10.2. The number of benzene rings is 1. The summed E-state index contributed by atoms with van der Waals surface area (Å²) in [6.07, 6.45) is 1.83. The minimum Gasteiger partial charge on any atom is -0.481 e. The van der Waals surface area contributed by atoms with Gasteiger partial charge in [0.05, 0.1) is 17.6 Å². The number of nitrogens with zero attached hydrogens (tertiary/aromatic N) is 1. The molecule has 0 amide bonds. The summed E-state index contributed by atoms with van der Waals surface area (Å²) in [5, 5.41) is 12.7. The van der Waals surface area contributed by atoms with Crippen LogP contribution in [0, 0.1) is 0 Å². The predicted octanol–water partition coefficient (Wildman–Crippen LogP) is 2.12. The van der Waals surface area contributed by atoms with Crippen molar-refractivity contribution in [2.24, 2.45) is 0 Å². The maximum Gasteiger partial charge on any atom is 0.305 e. The lowest BCUT2D eigenvalue weighted by Crippen LogP contribution is -2.07. The van der Waals surface area contributed by atoms with E-state index in [9.17, 15) is 4.79 Å². The Bertz CT molecular complexity index is 506. The Morgan fingerprint density at radius 2 is 2.12 bits per heavy atom. The lowest BCUT2D eigenvalue weighted by molar-refractivity contribution is -0.136. The van der Waals surface area contributed by atoms with Crippen LogP contribution in [0.1, 0.15) is 6.42 Å². The number of anilines is 1. The third-order valence-corrected chi connectivity index (χ3v) is 2.29. The van der Waals surface area contributed by atoms with Crippen LogP contribution in [-0.4, -0.2) is 22.6 Å². The number of fused-ring (bicyclic) bond motifs is 1. The predicted molar refractivity (Wildman–Crippen MR) is 62.5 cm³/mol. The van der Waals surface area contributed by atoms with Crippen molar-refractivity contribution in [3.8, 4) is 0 Å². The molecule has 0 bridgehead atoms. The number of carboxylic acid groups (broad SMARTS) is 1. The summed E-state index contributed by atoms with van der Waals surface area (Å²) < 4.78 is 0. The Kier molecular flexibility index (Phi) is 3.00. The molecule has 16 heavy (non-hydrogen) atoms. The molecule has 2 aromatic rings. The number of aromatic nitrogens is 1. The Morgan fingerprint density at radius 1 is 1.31 bits per heavy atom. The highest BCUT2D eigenvalue weighted by Crippen LogP contribution is 2.20. The molecule has 1 heterocycles. The number of hydrogen-bond donors (Lipinski definition) is 2. The van der Waals surface area contributed by atoms with Crippen LogP contribution < -0.4 is 5.32 Å². The van der Waals surface area contributed by atoms with E-state index in [1.807, 2.05) is 30.3 Å². The standard InChI is InChI=1S/C12H12N2O2/c15-11(16)6-8-13-10-5-1-3-9-4-2-7-14-12(9)10/h1-5,7,13H,6,8H2,(H,15,16). The number of pyridine rings is 1. The number of carbonyl (C=O) groups is 1. The molecule has 0 radical (unpaired) electrons. The average Bonchev–Trinajstić information content (AvgIpc) is 2.29. The van der Waals surface area contributed by atoms with Crippen LogP contribution in [0.2, 0.25) is 0 Å². The number of nitrogens with one attached hydrogen (secondary N) is 1. The summed E-state index contributed by atoms with van der Waals surface area (Å²) in [6, 6.07) is 9.66. The first-order chi connectivity index (χ1) is 7.77. The van der Waals surface area contributed by atoms with Gasteiger partial charge in [0.25, 0.3) is 0 Å². The quantitative estimate of drug-likeness (QED) is 0.821. The second-order valence-electron chi connectivity index (χ2n) is 3.45. The Labute approximate surface area is 92.9 Å². The molecular weight excluding hydrogens is 204 g/mol. The molecule has 2 rings (SSSR count). The van der Waals surface area contributed by atoms with Crippen molar-refractivity contribution in [3.63, 3.8) is 0 Å². The number of rotatable bonds is 4. The zero-order valence-electron chi connectivity index (χ0n) is 8.68. The van der Waals surface area contributed by atoms with Crippen LogP contribution in [0.5, 0.6) is 0 Å². The third-order valence-electron chi connectivity index (χ3n) is 2.29. The normalized spacial score (nSPS) is 10.2. The largest absolute Gasteiger partial charge is 0.481 e. The molecule has 0 unspecified atom stereocenters. The molecule has 0 saturated carbocycles. The zero-order valence-corrected chi connectivity index (χ0v) is 8.68. The van der Waals surface area contributed by atoms with Gasteiger partial charge in [-0.1, -0.05) is 18.2 Å². The van der Waals surface area contributed by atoms with Crippen LogP contribution >= 0.6 is 0 Å². The molecule has 0 spiro atoms. The van der Waals surface area contributed by atoms with E-state index in [1.54, 1.807) is 6.20 Å². The van der Waals surface area contributed by atoms with Crippen molar-refractivity contribution >= 4 is 22.6 Å². The summed E-state index contributed by atoms with van der Waals surface area (Å²) in [7, 11) is 0. The van der Waals surface area contributed by atoms with Crippen molar-refractivity contribution in [2.75, 3.05) is 11.9 Å². The van der Waals surface area contributed by atoms with Gasteiger partial charge in [0.15, 0.2) is 0 Å². The van der Waals surface area contributed by atoms with Gasteiger partial charge in [-0.15, -0.1) is 0 Å². The molecule has 0 saturated heterocycles. The molecule has 0 aliphatic carbocycles. The Balaban J connectivity index is 2.20. The molecule has 4 nitrogen and oxygen atoms in total. The maximum absolute atomic E-state index is 10.4. The number of para-hydroxylation sites is 1. The van der Waals surface area contributed by atoms with Crippen LogP contribution in [0.25, 0.3) is 10.9 Å². The molecular formula is C12H12N2O2. The van der Waals surface area contributed by atoms with Crippen LogP contribution in [0.4, 0.5) is 5.69 Å². The van der Waals surface area contributed by atoms with E-state index in [1.165, 1.54) is 0 Å². The first kappa shape index (κ1) is 10.4. The van der Waals surface area contributed by atoms with E-state index < -0.39 is 5.97 Å². The van der Waals surface area contributed by atoms with Gasteiger partial charge in [-0.2, -0.15) is 0 Å². The van der Waals surface area contributed by atoms with Gasteiger partial charge in [0.2, 0.25) is 0 Å². The number of carboxylic acids is 1. The average molecular weight is 216 g/mol. The minimum atomic E-state index is -0.805. The Hall–Kier alpha value is -2.10. The molecule has 0 aliphatic rings. The summed E-state index contributed by atoms with van der Waals surface area (Å²) >= 11 is 0. The highest BCUT2D eigenvalue weighted by molar-refractivity contribution is 5.90. The molecule has 0 aliphatic heterocycles. The lowest BCUT2D eigenvalue weighted by Gasteiger charge is -2.07. The topological polar surface area (TPSA) is 62.2 Å². The van der Waals surface area contributed by atoms with Gasteiger partial charge in [0, 0.05) is 18.1 Å². The van der Waals surface area contributed by atoms with Crippen molar-refractivity contribution < 1.29 is 9.90 Å². The van der Waals surface area contributed by atoms with E-state index in [0.717, 1.165) is 16.6 Å². The third kappa shape index (κ3) is 2.28. The molecule has 0 fully saturated rings. The number of aliphatic carboxylic acids is 1. The molecule has 82 valence electrons. The Morgan fingerprint density at radius 3 is 2.94 bits per heavy atom. The van der Waals surface area contributed by atoms with Gasteiger partial charge in [-0.05, 0) is 12.1 Å².